The fourth-order valence-corrected chi connectivity index (χ4v) is 4.29. The molecule has 4 atom stereocenters. The Kier molecular flexibility index (Phi) is 5.14. The summed E-state index contributed by atoms with van der Waals surface area (Å²) in [5, 5.41) is 5.00. The molecular formula is C19H25ClN2O2. The summed E-state index contributed by atoms with van der Waals surface area (Å²) in [7, 11) is 0. The number of carbonyl (C=O) groups excluding carboxylic acids is 1. The third-order valence-electron chi connectivity index (χ3n) is 5.43. The topological polar surface area (TPSA) is 50.7 Å². The number of benzene rings is 1. The number of hydrogen-bond donors (Lipinski definition) is 1. The zero-order valence-corrected chi connectivity index (χ0v) is 15.3. The molecule has 1 N–H and O–H groups in total. The Morgan fingerprint density at radius 2 is 2.17 bits per heavy atom. The summed E-state index contributed by atoms with van der Waals surface area (Å²) in [6, 6.07) is 5.36. The second-order valence-electron chi connectivity index (χ2n) is 7.18. The number of hydrogen-bond acceptors (Lipinski definition) is 3. The van der Waals surface area contributed by atoms with Crippen molar-refractivity contribution in [1.82, 2.24) is 5.43 Å². The maximum Gasteiger partial charge on any atom is 0.280 e. The van der Waals surface area contributed by atoms with Gasteiger partial charge >= 0.3 is 0 Å². The summed E-state index contributed by atoms with van der Waals surface area (Å²) in [4.78, 5) is 12.2. The lowest BCUT2D eigenvalue weighted by Gasteiger charge is -2.21. The van der Waals surface area contributed by atoms with Gasteiger partial charge in [-0.2, -0.15) is 5.10 Å². The smallest absolute Gasteiger partial charge is 0.280 e. The molecule has 2 aliphatic rings. The van der Waals surface area contributed by atoms with E-state index in [9.17, 15) is 4.79 Å². The molecule has 0 spiro atoms. The van der Waals surface area contributed by atoms with E-state index in [1.165, 1.54) is 25.7 Å². The number of fused-ring (bicyclic) bond motifs is 2. The number of halogens is 1. The van der Waals surface area contributed by atoms with Gasteiger partial charge < -0.3 is 4.74 Å². The lowest BCUT2D eigenvalue weighted by atomic mass is 9.86. The van der Waals surface area contributed by atoms with Gasteiger partial charge in [0.25, 0.3) is 5.91 Å². The number of ether oxygens (including phenoxy) is 1. The third kappa shape index (κ3) is 3.75. The Morgan fingerprint density at radius 3 is 2.79 bits per heavy atom. The van der Waals surface area contributed by atoms with E-state index in [0.717, 1.165) is 23.1 Å². The highest BCUT2D eigenvalue weighted by Crippen LogP contribution is 2.48. The number of aryl methyl sites for hydroxylation is 1. The van der Waals surface area contributed by atoms with Crippen LogP contribution in [0.3, 0.4) is 0 Å². The van der Waals surface area contributed by atoms with Crippen LogP contribution in [-0.4, -0.2) is 17.7 Å². The first-order valence-corrected chi connectivity index (χ1v) is 9.08. The van der Waals surface area contributed by atoms with Gasteiger partial charge in [0.1, 0.15) is 5.75 Å². The van der Waals surface area contributed by atoms with Crippen molar-refractivity contribution in [2.24, 2.45) is 22.9 Å². The highest BCUT2D eigenvalue weighted by Gasteiger charge is 2.40. The Bertz CT molecular complexity index is 659. The van der Waals surface area contributed by atoms with Gasteiger partial charge in [-0.1, -0.05) is 18.0 Å². The fourth-order valence-electron chi connectivity index (χ4n) is 4.06. The van der Waals surface area contributed by atoms with Crippen LogP contribution < -0.4 is 10.2 Å². The maximum atomic E-state index is 12.2. The van der Waals surface area contributed by atoms with Gasteiger partial charge in [0.15, 0.2) is 6.10 Å². The number of amides is 1. The van der Waals surface area contributed by atoms with Crippen molar-refractivity contribution < 1.29 is 9.53 Å². The molecule has 24 heavy (non-hydrogen) atoms. The SMILES string of the molecule is C/C(=N\NC(=O)C(C)Oc1ccc(Cl)cc1C)C1CC2CCC1C2. The average Bonchev–Trinajstić information content (AvgIpc) is 3.17. The first-order chi connectivity index (χ1) is 11.4. The van der Waals surface area contributed by atoms with E-state index in [-0.39, 0.29) is 5.91 Å². The summed E-state index contributed by atoms with van der Waals surface area (Å²) in [5.74, 6) is 2.61. The van der Waals surface area contributed by atoms with Gasteiger partial charge in [0.2, 0.25) is 0 Å². The molecule has 2 aliphatic carbocycles. The first kappa shape index (κ1) is 17.3. The van der Waals surface area contributed by atoms with E-state index in [4.69, 9.17) is 16.3 Å². The van der Waals surface area contributed by atoms with Crippen molar-refractivity contribution in [1.29, 1.82) is 0 Å². The van der Waals surface area contributed by atoms with Crippen LogP contribution in [0.4, 0.5) is 0 Å². The summed E-state index contributed by atoms with van der Waals surface area (Å²) >= 11 is 5.94. The summed E-state index contributed by atoms with van der Waals surface area (Å²) < 4.78 is 5.73. The van der Waals surface area contributed by atoms with Crippen molar-refractivity contribution in [2.75, 3.05) is 0 Å². The van der Waals surface area contributed by atoms with Crippen LogP contribution in [0, 0.1) is 24.7 Å². The molecule has 4 nitrogen and oxygen atoms in total. The minimum atomic E-state index is -0.610. The zero-order valence-electron chi connectivity index (χ0n) is 14.5. The molecule has 3 rings (SSSR count). The van der Waals surface area contributed by atoms with Gasteiger partial charge in [-0.15, -0.1) is 0 Å². The van der Waals surface area contributed by atoms with E-state index < -0.39 is 6.10 Å². The minimum Gasteiger partial charge on any atom is -0.481 e. The molecule has 2 fully saturated rings. The molecule has 130 valence electrons. The van der Waals surface area contributed by atoms with Crippen molar-refractivity contribution in [3.05, 3.63) is 28.8 Å². The lowest BCUT2D eigenvalue weighted by molar-refractivity contribution is -0.127. The largest absolute Gasteiger partial charge is 0.481 e. The van der Waals surface area contributed by atoms with E-state index >= 15 is 0 Å². The van der Waals surface area contributed by atoms with E-state index in [2.05, 4.69) is 10.5 Å². The number of nitrogens with zero attached hydrogens (tertiary/aromatic N) is 1. The van der Waals surface area contributed by atoms with E-state index in [1.54, 1.807) is 19.1 Å². The molecule has 0 saturated heterocycles. The first-order valence-electron chi connectivity index (χ1n) is 8.71. The second kappa shape index (κ2) is 7.14. The predicted octanol–water partition coefficient (Wildman–Crippen LogP) is 4.34. The van der Waals surface area contributed by atoms with Crippen LogP contribution in [0.25, 0.3) is 0 Å². The molecule has 5 heteroatoms. The number of nitrogens with one attached hydrogen (secondary N) is 1. The van der Waals surface area contributed by atoms with Crippen molar-refractivity contribution in [3.63, 3.8) is 0 Å². The second-order valence-corrected chi connectivity index (χ2v) is 7.62. The zero-order chi connectivity index (χ0) is 17.3. The minimum absolute atomic E-state index is 0.230. The predicted molar refractivity (Wildman–Crippen MR) is 96.5 cm³/mol. The standard InChI is InChI=1S/C19H25ClN2O2/c1-11-8-16(20)6-7-18(11)24-13(3)19(23)22-21-12(2)17-10-14-4-5-15(17)9-14/h6-8,13-15,17H,4-5,9-10H2,1-3H3,(H,22,23)/b21-12+. The molecule has 1 aromatic carbocycles. The van der Waals surface area contributed by atoms with Crippen LogP contribution in [0.1, 0.15) is 45.1 Å². The van der Waals surface area contributed by atoms with E-state index in [1.807, 2.05) is 19.9 Å². The van der Waals surface area contributed by atoms with Crippen molar-refractivity contribution in [3.8, 4) is 5.75 Å². The van der Waals surface area contributed by atoms with Crippen LogP contribution in [0.5, 0.6) is 5.75 Å². The monoisotopic (exact) mass is 348 g/mol. The van der Waals surface area contributed by atoms with Crippen molar-refractivity contribution >= 4 is 23.2 Å². The quantitative estimate of drug-likeness (QED) is 0.635. The molecule has 2 saturated carbocycles. The van der Waals surface area contributed by atoms with Crippen molar-refractivity contribution in [2.45, 2.75) is 52.6 Å². The molecule has 0 aliphatic heterocycles. The molecule has 4 unspecified atom stereocenters. The Balaban J connectivity index is 1.55. The van der Waals surface area contributed by atoms with Gasteiger partial charge in [-0.25, -0.2) is 5.43 Å². The van der Waals surface area contributed by atoms with Gasteiger partial charge in [0, 0.05) is 16.7 Å². The van der Waals surface area contributed by atoms with Crippen LogP contribution in [0.15, 0.2) is 23.3 Å². The molecule has 0 radical (unpaired) electrons. The van der Waals surface area contributed by atoms with E-state index in [0.29, 0.717) is 16.7 Å². The van der Waals surface area contributed by atoms with Crippen LogP contribution >= 0.6 is 11.6 Å². The van der Waals surface area contributed by atoms with Gasteiger partial charge in [-0.05, 0) is 75.6 Å². The summed E-state index contributed by atoms with van der Waals surface area (Å²) in [6.07, 6.45) is 4.63. The van der Waals surface area contributed by atoms with Gasteiger partial charge in [-0.3, -0.25) is 4.79 Å². The summed E-state index contributed by atoms with van der Waals surface area (Å²) in [5.41, 5.74) is 4.62. The van der Waals surface area contributed by atoms with Gasteiger partial charge in [0.05, 0.1) is 0 Å². The van der Waals surface area contributed by atoms with Crippen LogP contribution in [0.2, 0.25) is 5.02 Å². The third-order valence-corrected chi connectivity index (χ3v) is 5.66. The fraction of sp³-hybridized carbons (Fsp3) is 0.579. The highest BCUT2D eigenvalue weighted by atomic mass is 35.5. The highest BCUT2D eigenvalue weighted by molar-refractivity contribution is 6.30. The normalized spacial score (nSPS) is 27.2. The molecule has 0 aromatic heterocycles. The van der Waals surface area contributed by atoms with Crippen LogP contribution in [-0.2, 0) is 4.79 Å². The molecule has 1 aromatic rings. The average molecular weight is 349 g/mol. The molecule has 0 heterocycles. The number of rotatable bonds is 5. The Morgan fingerprint density at radius 1 is 1.38 bits per heavy atom. The number of hydrazone groups is 1. The Hall–Kier alpha value is -1.55. The molecule has 2 bridgehead atoms. The maximum absolute atomic E-state index is 12.2. The lowest BCUT2D eigenvalue weighted by Crippen LogP contribution is -2.34. The Labute approximate surface area is 148 Å². The number of carbonyl (C=O) groups is 1. The molecule has 1 amide bonds. The molecular weight excluding hydrogens is 324 g/mol. The summed E-state index contributed by atoms with van der Waals surface area (Å²) in [6.45, 7) is 5.66.